The third kappa shape index (κ3) is 4.21. The van der Waals surface area contributed by atoms with Gasteiger partial charge in [0.25, 0.3) is 12.5 Å². The lowest BCUT2D eigenvalue weighted by molar-refractivity contribution is -0.122. The maximum absolute atomic E-state index is 9.79. The Kier molecular flexibility index (Phi) is 5.83. The number of phenols is 1. The number of aromatic hydroxyl groups is 1. The number of carbonyl (C=O) groups is 1. The Morgan fingerprint density at radius 3 is 2.21 bits per heavy atom. The minimum absolute atomic E-state index is 0.202. The van der Waals surface area contributed by atoms with Crippen LogP contribution in [0.15, 0.2) is 77.8 Å². The zero-order valence-corrected chi connectivity index (χ0v) is 15.9. The molecule has 3 aromatic rings. The minimum atomic E-state index is -0.662. The molecule has 148 valence electrons. The molecule has 29 heavy (non-hydrogen) atoms. The van der Waals surface area contributed by atoms with E-state index in [0.717, 1.165) is 22.3 Å². The molecule has 0 fully saturated rings. The average Bonchev–Trinajstić information content (AvgIpc) is 3.12. The Morgan fingerprint density at radius 2 is 1.62 bits per heavy atom. The highest BCUT2D eigenvalue weighted by Crippen LogP contribution is 2.39. The van der Waals surface area contributed by atoms with Gasteiger partial charge in [-0.25, -0.2) is 4.99 Å². The number of benzene rings is 3. The highest BCUT2D eigenvalue weighted by molar-refractivity contribution is 5.76. The normalized spacial score (nSPS) is 17.5. The van der Waals surface area contributed by atoms with Crippen LogP contribution in [0.1, 0.15) is 16.7 Å². The van der Waals surface area contributed by atoms with Crippen LogP contribution in [0.25, 0.3) is 11.1 Å². The van der Waals surface area contributed by atoms with Gasteiger partial charge in [0, 0.05) is 0 Å². The lowest BCUT2D eigenvalue weighted by atomic mass is 9.83. The summed E-state index contributed by atoms with van der Waals surface area (Å²) in [4.78, 5) is 13.0. The van der Waals surface area contributed by atoms with Crippen molar-refractivity contribution in [3.05, 3.63) is 89.5 Å². The number of phenolic OH excluding ortho intramolecular Hbond substituents is 1. The molecule has 0 saturated carbocycles. The Bertz CT molecular complexity index is 1030. The second-order valence-electron chi connectivity index (χ2n) is 6.70. The number of rotatable bonds is 3. The van der Waals surface area contributed by atoms with Gasteiger partial charge in [0.05, 0.1) is 0 Å². The number of aliphatic imine (C=N–C) groups is 1. The number of carboxylic acid groups (broad SMARTS) is 1. The number of hydrogen-bond donors (Lipinski definition) is 3. The molecular weight excluding hydrogens is 368 g/mol. The molecule has 4 rings (SSSR count). The second-order valence-corrected chi connectivity index (χ2v) is 6.70. The maximum Gasteiger partial charge on any atom is 0.290 e. The molecule has 0 saturated heterocycles. The predicted octanol–water partition coefficient (Wildman–Crippen LogP) is 3.66. The first-order valence-corrected chi connectivity index (χ1v) is 9.01. The topological polar surface area (TPSA) is 105 Å². The summed E-state index contributed by atoms with van der Waals surface area (Å²) in [6.45, 7) is 2.17. The van der Waals surface area contributed by atoms with E-state index in [9.17, 15) is 5.11 Å². The molecule has 0 aromatic heterocycles. The largest absolute Gasteiger partial charge is 0.508 e. The van der Waals surface area contributed by atoms with Gasteiger partial charge in [-0.3, -0.25) is 4.79 Å². The maximum atomic E-state index is 9.79. The number of aryl methyl sites for hydroxylation is 1. The van der Waals surface area contributed by atoms with Crippen molar-refractivity contribution >= 4 is 12.5 Å². The van der Waals surface area contributed by atoms with E-state index >= 15 is 0 Å². The average molecular weight is 390 g/mol. The summed E-state index contributed by atoms with van der Waals surface area (Å²) in [6, 6.07) is 23.8. The van der Waals surface area contributed by atoms with Crippen LogP contribution >= 0.6 is 0 Å². The smallest absolute Gasteiger partial charge is 0.290 e. The second kappa shape index (κ2) is 8.48. The number of amidine groups is 1. The predicted molar refractivity (Wildman–Crippen MR) is 112 cm³/mol. The summed E-state index contributed by atoms with van der Waals surface area (Å²) >= 11 is 0. The van der Waals surface area contributed by atoms with Gasteiger partial charge in [-0.05, 0) is 47.4 Å². The van der Waals surface area contributed by atoms with Crippen LogP contribution in [0.2, 0.25) is 0 Å². The zero-order chi connectivity index (χ0) is 20.9. The van der Waals surface area contributed by atoms with Crippen LogP contribution < -0.4 is 5.73 Å². The third-order valence-corrected chi connectivity index (χ3v) is 4.78. The first-order chi connectivity index (χ1) is 14.0. The molecule has 0 radical (unpaired) electrons. The molecular formula is C23H22N2O4. The van der Waals surface area contributed by atoms with Crippen molar-refractivity contribution in [3.63, 3.8) is 0 Å². The van der Waals surface area contributed by atoms with E-state index in [2.05, 4.69) is 42.2 Å². The first kappa shape index (κ1) is 19.9. The molecule has 0 amide bonds. The van der Waals surface area contributed by atoms with Gasteiger partial charge in [0.1, 0.15) is 12.4 Å². The lowest BCUT2D eigenvalue weighted by Crippen LogP contribution is -2.27. The number of ether oxygens (including phenoxy) is 1. The standard InChI is InChI=1S/C22H20N2O2.CH2O2/c1-15-8-10-18(11-9-15)22(14-26-21(23)24-22)19-6-2-4-16(12-19)17-5-3-7-20(25)13-17;2-1-3/h2-13,25H,14H2,1H3,(H2,23,24);1H,(H,2,3). The summed E-state index contributed by atoms with van der Waals surface area (Å²) in [7, 11) is 0. The fourth-order valence-electron chi connectivity index (χ4n) is 3.36. The van der Waals surface area contributed by atoms with Crippen LogP contribution in [0.4, 0.5) is 0 Å². The highest BCUT2D eigenvalue weighted by Gasteiger charge is 2.40. The van der Waals surface area contributed by atoms with Gasteiger partial charge in [-0.15, -0.1) is 0 Å². The summed E-state index contributed by atoms with van der Waals surface area (Å²) in [6.07, 6.45) is 0. The Hall–Kier alpha value is -3.80. The van der Waals surface area contributed by atoms with Crippen LogP contribution in [0, 0.1) is 6.92 Å². The van der Waals surface area contributed by atoms with Crippen molar-refractivity contribution in [1.82, 2.24) is 0 Å². The molecule has 6 nitrogen and oxygen atoms in total. The Labute approximate surface area is 168 Å². The van der Waals surface area contributed by atoms with E-state index < -0.39 is 5.54 Å². The van der Waals surface area contributed by atoms with Crippen molar-refractivity contribution in [2.24, 2.45) is 10.7 Å². The van der Waals surface area contributed by atoms with Crippen LogP contribution in [-0.2, 0) is 15.1 Å². The van der Waals surface area contributed by atoms with Crippen molar-refractivity contribution in [3.8, 4) is 16.9 Å². The molecule has 4 N–H and O–H groups in total. The summed E-state index contributed by atoms with van der Waals surface area (Å²) in [5, 5.41) is 16.7. The van der Waals surface area contributed by atoms with Crippen molar-refractivity contribution in [2.45, 2.75) is 12.5 Å². The molecule has 0 aliphatic carbocycles. The Balaban J connectivity index is 0.000000755. The van der Waals surface area contributed by atoms with Gasteiger partial charge >= 0.3 is 0 Å². The van der Waals surface area contributed by atoms with Gasteiger partial charge < -0.3 is 20.7 Å². The van der Waals surface area contributed by atoms with Crippen molar-refractivity contribution < 1.29 is 19.7 Å². The van der Waals surface area contributed by atoms with Crippen LogP contribution in [0.5, 0.6) is 5.75 Å². The minimum Gasteiger partial charge on any atom is -0.508 e. The lowest BCUT2D eigenvalue weighted by Gasteiger charge is -2.26. The molecule has 1 atom stereocenters. The molecule has 1 aliphatic heterocycles. The van der Waals surface area contributed by atoms with E-state index in [0.29, 0.717) is 6.61 Å². The quantitative estimate of drug-likeness (QED) is 0.592. The van der Waals surface area contributed by atoms with Crippen molar-refractivity contribution in [2.75, 3.05) is 6.61 Å². The van der Waals surface area contributed by atoms with Crippen LogP contribution in [0.3, 0.4) is 0 Å². The molecule has 1 heterocycles. The molecule has 6 heteroatoms. The van der Waals surface area contributed by atoms with E-state index in [1.165, 1.54) is 5.56 Å². The van der Waals surface area contributed by atoms with Gasteiger partial charge in [0.15, 0.2) is 5.54 Å². The van der Waals surface area contributed by atoms with E-state index in [1.807, 2.05) is 30.3 Å². The molecule has 1 aliphatic rings. The molecule has 3 aromatic carbocycles. The zero-order valence-electron chi connectivity index (χ0n) is 15.9. The highest BCUT2D eigenvalue weighted by atomic mass is 16.5. The SMILES string of the molecule is Cc1ccc(C2(c3cccc(-c4cccc(O)c4)c3)COC(N)=N2)cc1.O=CO. The first-order valence-electron chi connectivity index (χ1n) is 9.01. The van der Waals surface area contributed by atoms with E-state index in [-0.39, 0.29) is 18.2 Å². The van der Waals surface area contributed by atoms with Gasteiger partial charge in [0.2, 0.25) is 0 Å². The van der Waals surface area contributed by atoms with Gasteiger partial charge in [-0.2, -0.15) is 0 Å². The van der Waals surface area contributed by atoms with E-state index in [4.69, 9.17) is 20.4 Å². The Morgan fingerprint density at radius 1 is 1.00 bits per heavy atom. The molecule has 0 bridgehead atoms. The fraction of sp³-hybridized carbons (Fsp3) is 0.130. The van der Waals surface area contributed by atoms with Gasteiger partial charge in [-0.1, -0.05) is 60.2 Å². The summed E-state index contributed by atoms with van der Waals surface area (Å²) < 4.78 is 5.56. The number of hydrogen-bond acceptors (Lipinski definition) is 5. The van der Waals surface area contributed by atoms with Crippen molar-refractivity contribution in [1.29, 1.82) is 0 Å². The number of nitrogens with zero attached hydrogens (tertiary/aromatic N) is 1. The fourth-order valence-corrected chi connectivity index (χ4v) is 3.36. The molecule has 1 unspecified atom stereocenters. The number of nitrogens with two attached hydrogens (primary N) is 1. The summed E-state index contributed by atoms with van der Waals surface area (Å²) in [5.74, 6) is 0.243. The van der Waals surface area contributed by atoms with E-state index in [1.54, 1.807) is 12.1 Å². The third-order valence-electron chi connectivity index (χ3n) is 4.78. The van der Waals surface area contributed by atoms with Crippen LogP contribution in [-0.4, -0.2) is 29.3 Å². The monoisotopic (exact) mass is 390 g/mol. The summed E-state index contributed by atoms with van der Waals surface area (Å²) in [5.41, 5.74) is 10.4. The molecule has 0 spiro atoms.